The van der Waals surface area contributed by atoms with Gasteiger partial charge >= 0.3 is 5.97 Å². The van der Waals surface area contributed by atoms with Crippen LogP contribution in [-0.2, 0) is 16.1 Å². The largest absolute Gasteiger partial charge is 0.493 e. The Labute approximate surface area is 265 Å². The number of carbonyl (C=O) groups excluding carboxylic acids is 1. The summed E-state index contributed by atoms with van der Waals surface area (Å²) in [7, 11) is 3.07. The minimum Gasteiger partial charge on any atom is -0.493 e. The summed E-state index contributed by atoms with van der Waals surface area (Å²) in [5.41, 5.74) is 2.58. The van der Waals surface area contributed by atoms with Crippen LogP contribution in [0.25, 0.3) is 6.08 Å². The second-order valence-electron chi connectivity index (χ2n) is 9.45. The van der Waals surface area contributed by atoms with Crippen molar-refractivity contribution in [2.45, 2.75) is 26.5 Å². The highest BCUT2D eigenvalue weighted by Gasteiger charge is 2.35. The molecule has 3 aromatic carbocycles. The van der Waals surface area contributed by atoms with Crippen molar-refractivity contribution in [3.8, 4) is 17.2 Å². The monoisotopic (exact) mass is 682 g/mol. The molecular weight excluding hydrogens is 656 g/mol. The number of allylic oxidation sites excluding steroid dienone is 1. The molecule has 0 spiro atoms. The van der Waals surface area contributed by atoms with Crippen molar-refractivity contribution in [3.05, 3.63) is 118 Å². The molecule has 0 amide bonds. The van der Waals surface area contributed by atoms with Crippen LogP contribution in [0, 0.1) is 0 Å². The lowest BCUT2D eigenvalue weighted by molar-refractivity contribution is -0.139. The van der Waals surface area contributed by atoms with Crippen molar-refractivity contribution in [2.75, 3.05) is 20.8 Å². The molecule has 1 aromatic heterocycles. The summed E-state index contributed by atoms with van der Waals surface area (Å²) in [6, 6.07) is 17.6. The van der Waals surface area contributed by atoms with Gasteiger partial charge in [-0.3, -0.25) is 9.36 Å². The summed E-state index contributed by atoms with van der Waals surface area (Å²) >= 11 is 11.2. The minimum absolute atomic E-state index is 0.171. The zero-order valence-electron chi connectivity index (χ0n) is 23.9. The number of aromatic nitrogens is 1. The van der Waals surface area contributed by atoms with Crippen LogP contribution < -0.4 is 29.1 Å². The molecule has 0 radical (unpaired) electrons. The number of hydrogen-bond acceptors (Lipinski definition) is 8. The Balaban J connectivity index is 1.66. The quantitative estimate of drug-likeness (QED) is 0.207. The molecule has 11 heteroatoms. The van der Waals surface area contributed by atoms with Gasteiger partial charge in [-0.1, -0.05) is 75.3 Å². The fourth-order valence-electron chi connectivity index (χ4n) is 4.81. The molecule has 0 bridgehead atoms. The van der Waals surface area contributed by atoms with Crippen LogP contribution in [0.15, 0.2) is 86.2 Å². The number of hydrogen-bond donors (Lipinski definition) is 0. The summed E-state index contributed by atoms with van der Waals surface area (Å²) in [6.07, 6.45) is 1.77. The lowest BCUT2D eigenvalue weighted by atomic mass is 9.95. The molecule has 2 heterocycles. The number of methoxy groups -OCH3 is 2. The van der Waals surface area contributed by atoms with E-state index in [1.54, 1.807) is 32.1 Å². The Morgan fingerprint density at radius 2 is 1.77 bits per heavy atom. The number of halogens is 2. The number of esters is 1. The van der Waals surface area contributed by atoms with Crippen molar-refractivity contribution in [1.82, 2.24) is 4.57 Å². The van der Waals surface area contributed by atoms with Gasteiger partial charge in [0.2, 0.25) is 0 Å². The topological polar surface area (TPSA) is 88.4 Å². The number of fused-ring (bicyclic) bond motifs is 1. The molecule has 0 saturated heterocycles. The van der Waals surface area contributed by atoms with Gasteiger partial charge in [-0.25, -0.2) is 9.79 Å². The Morgan fingerprint density at radius 1 is 1.07 bits per heavy atom. The van der Waals surface area contributed by atoms with E-state index < -0.39 is 12.0 Å². The van der Waals surface area contributed by atoms with Crippen molar-refractivity contribution in [1.29, 1.82) is 0 Å². The van der Waals surface area contributed by atoms with E-state index in [-0.39, 0.29) is 24.3 Å². The van der Waals surface area contributed by atoms with Gasteiger partial charge in [-0.05, 0) is 49.8 Å². The normalized spacial score (nSPS) is 14.7. The number of rotatable bonds is 9. The molecule has 0 fully saturated rings. The number of para-hydroxylation sites is 1. The Hall–Kier alpha value is -3.86. The molecule has 5 rings (SSSR count). The average Bonchev–Trinajstić information content (AvgIpc) is 3.30. The molecule has 43 heavy (non-hydrogen) atoms. The summed E-state index contributed by atoms with van der Waals surface area (Å²) in [4.78, 5) is 32.6. The number of thiazole rings is 1. The maximum atomic E-state index is 14.1. The molecule has 0 saturated carbocycles. The number of nitrogens with zero attached hydrogens (tertiary/aromatic N) is 2. The van der Waals surface area contributed by atoms with Crippen LogP contribution >= 0.6 is 38.9 Å². The van der Waals surface area contributed by atoms with Crippen molar-refractivity contribution in [2.24, 2.45) is 4.99 Å². The average molecular weight is 684 g/mol. The van der Waals surface area contributed by atoms with Gasteiger partial charge in [-0.15, -0.1) is 0 Å². The van der Waals surface area contributed by atoms with E-state index in [9.17, 15) is 9.59 Å². The smallest absolute Gasteiger partial charge is 0.338 e. The lowest BCUT2D eigenvalue weighted by Crippen LogP contribution is -2.40. The van der Waals surface area contributed by atoms with Crippen LogP contribution in [0.1, 0.15) is 36.6 Å². The summed E-state index contributed by atoms with van der Waals surface area (Å²) in [5.74, 6) is 0.987. The van der Waals surface area contributed by atoms with Gasteiger partial charge < -0.3 is 18.9 Å². The van der Waals surface area contributed by atoms with Crippen molar-refractivity contribution in [3.63, 3.8) is 0 Å². The second kappa shape index (κ2) is 13.2. The van der Waals surface area contributed by atoms with Gasteiger partial charge in [-0.2, -0.15) is 0 Å². The molecule has 1 atom stereocenters. The van der Waals surface area contributed by atoms with E-state index in [0.717, 1.165) is 5.56 Å². The highest BCUT2D eigenvalue weighted by atomic mass is 79.9. The molecule has 4 aromatic rings. The predicted octanol–water partition coefficient (Wildman–Crippen LogP) is 5.81. The van der Waals surface area contributed by atoms with E-state index in [0.29, 0.717) is 52.9 Å². The molecule has 222 valence electrons. The van der Waals surface area contributed by atoms with E-state index in [1.165, 1.54) is 30.1 Å². The van der Waals surface area contributed by atoms with E-state index in [2.05, 4.69) is 20.9 Å². The maximum Gasteiger partial charge on any atom is 0.338 e. The third-order valence-corrected chi connectivity index (χ3v) is 8.90. The molecular formula is C32H28BrClN2O6S. The highest BCUT2D eigenvalue weighted by molar-refractivity contribution is 9.10. The molecule has 1 aliphatic heterocycles. The number of ether oxygens (including phenoxy) is 4. The minimum atomic E-state index is -0.835. The van der Waals surface area contributed by atoms with E-state index in [1.807, 2.05) is 48.5 Å². The van der Waals surface area contributed by atoms with Gasteiger partial charge in [0.25, 0.3) is 5.56 Å². The first-order chi connectivity index (χ1) is 20.8. The van der Waals surface area contributed by atoms with Crippen LogP contribution in [0.2, 0.25) is 5.02 Å². The number of benzene rings is 3. The van der Waals surface area contributed by atoms with Crippen LogP contribution in [0.5, 0.6) is 17.2 Å². The summed E-state index contributed by atoms with van der Waals surface area (Å²) in [5, 5.41) is 0.613. The van der Waals surface area contributed by atoms with E-state index in [4.69, 9.17) is 30.5 Å². The fourth-order valence-corrected chi connectivity index (χ4v) is 6.58. The predicted molar refractivity (Wildman–Crippen MR) is 170 cm³/mol. The van der Waals surface area contributed by atoms with Crippen LogP contribution in [0.4, 0.5) is 0 Å². The molecule has 0 aliphatic carbocycles. The Morgan fingerprint density at radius 3 is 2.49 bits per heavy atom. The Bertz CT molecular complexity index is 1920. The van der Waals surface area contributed by atoms with E-state index >= 15 is 0 Å². The lowest BCUT2D eigenvalue weighted by Gasteiger charge is -2.26. The van der Waals surface area contributed by atoms with Gasteiger partial charge in [0.15, 0.2) is 16.3 Å². The third kappa shape index (κ3) is 6.13. The zero-order valence-corrected chi connectivity index (χ0v) is 27.0. The highest BCUT2D eigenvalue weighted by Crippen LogP contribution is 2.40. The van der Waals surface area contributed by atoms with Crippen molar-refractivity contribution < 1.29 is 23.7 Å². The van der Waals surface area contributed by atoms with Crippen LogP contribution in [-0.4, -0.2) is 31.4 Å². The van der Waals surface area contributed by atoms with Gasteiger partial charge in [0, 0.05) is 20.6 Å². The molecule has 8 nitrogen and oxygen atoms in total. The van der Waals surface area contributed by atoms with Gasteiger partial charge in [0.05, 0.1) is 42.7 Å². The number of carbonyl (C=O) groups is 1. The van der Waals surface area contributed by atoms with Gasteiger partial charge in [0.1, 0.15) is 12.4 Å². The first-order valence-electron chi connectivity index (χ1n) is 13.3. The van der Waals surface area contributed by atoms with Crippen molar-refractivity contribution >= 4 is 50.9 Å². The SMILES string of the molecule is CCOC(=O)C1=C(C)N=c2s/c(=C/c3ccccc3OCc3ccccc3Cl)c(=O)n2[C@@H]1c1cc(OC)c(OC)cc1Br. The molecule has 1 aliphatic rings. The molecule has 0 unspecified atom stereocenters. The zero-order chi connectivity index (χ0) is 30.7. The maximum absolute atomic E-state index is 14.1. The third-order valence-electron chi connectivity index (χ3n) is 6.86. The fraction of sp³-hybridized carbons (Fsp3) is 0.219. The second-order valence-corrected chi connectivity index (χ2v) is 11.7. The first kappa shape index (κ1) is 30.6. The first-order valence-corrected chi connectivity index (χ1v) is 15.3. The standard InChI is InChI=1S/C32H28BrClN2O6S/c1-5-41-31(38)28-18(2)35-32-36(29(28)21-15-25(39-3)26(40-4)16-22(21)33)30(37)27(43-32)14-19-10-7-9-13-24(19)42-17-20-11-6-8-12-23(20)34/h6-16,29H,5,17H2,1-4H3/b27-14+/t29-/m1/s1. The molecule has 0 N–H and O–H groups in total. The Kier molecular flexibility index (Phi) is 9.39. The summed E-state index contributed by atoms with van der Waals surface area (Å²) < 4.78 is 25.1. The van der Waals surface area contributed by atoms with Crippen LogP contribution in [0.3, 0.4) is 0 Å². The summed E-state index contributed by atoms with van der Waals surface area (Å²) in [6.45, 7) is 3.91.